The van der Waals surface area contributed by atoms with E-state index in [2.05, 4.69) is 32.2 Å². The van der Waals surface area contributed by atoms with Gasteiger partial charge in [-0.2, -0.15) is 0 Å². The molecule has 1 atom stereocenters. The molecule has 0 aromatic rings. The van der Waals surface area contributed by atoms with Gasteiger partial charge in [0.2, 0.25) is 0 Å². The molecule has 0 rings (SSSR count). The fourth-order valence-electron chi connectivity index (χ4n) is 1.96. The van der Waals surface area contributed by atoms with Crippen LogP contribution in [0.25, 0.3) is 0 Å². The van der Waals surface area contributed by atoms with Crippen LogP contribution in [0.5, 0.6) is 0 Å². The van der Waals surface area contributed by atoms with Gasteiger partial charge in [-0.15, -0.1) is 0 Å². The molecule has 0 aliphatic heterocycles. The van der Waals surface area contributed by atoms with E-state index in [0.29, 0.717) is 5.67 Å². The third-order valence-corrected chi connectivity index (χ3v) is 6.59. The highest BCUT2D eigenvalue weighted by molar-refractivity contribution is 6.67. The number of nitrogens with zero attached hydrogens (tertiary/aromatic N) is 1. The van der Waals surface area contributed by atoms with Crippen LogP contribution in [0.15, 0.2) is 0 Å². The summed E-state index contributed by atoms with van der Waals surface area (Å²) in [4.78, 5) is 2.41. The molecule has 1 unspecified atom stereocenters. The zero-order valence-electron chi connectivity index (χ0n) is 11.2. The molecule has 0 aromatic carbocycles. The Kier molecular flexibility index (Phi) is 7.43. The molecule has 15 heavy (non-hydrogen) atoms. The van der Waals surface area contributed by atoms with Gasteiger partial charge in [-0.3, -0.25) is 4.90 Å². The monoisotopic (exact) mass is 233 g/mol. The van der Waals surface area contributed by atoms with E-state index in [9.17, 15) is 0 Å². The van der Waals surface area contributed by atoms with E-state index in [1.54, 1.807) is 0 Å². The van der Waals surface area contributed by atoms with Crippen molar-refractivity contribution in [1.29, 1.82) is 0 Å². The molecule has 0 aliphatic carbocycles. The molecule has 4 heteroatoms. The fraction of sp³-hybridized carbons (Fsp3) is 1.00. The fourth-order valence-corrected chi connectivity index (χ4v) is 4.70. The molecule has 0 radical (unpaired) electrons. The summed E-state index contributed by atoms with van der Waals surface area (Å²) >= 11 is 0. The maximum absolute atomic E-state index is 5.89. The molecular formula is C11H27NO2Si. The SMILES string of the molecule is CCO[Si](C)(OCC)C(C)N(CC)CC. The molecule has 0 amide bonds. The summed E-state index contributed by atoms with van der Waals surface area (Å²) in [5.74, 6) is 0. The quantitative estimate of drug-likeness (QED) is 0.601. The first kappa shape index (κ1) is 15.1. The van der Waals surface area contributed by atoms with E-state index in [-0.39, 0.29) is 0 Å². The summed E-state index contributed by atoms with van der Waals surface area (Å²) < 4.78 is 11.8. The maximum atomic E-state index is 5.89. The highest BCUT2D eigenvalue weighted by Crippen LogP contribution is 2.17. The molecule has 3 nitrogen and oxygen atoms in total. The van der Waals surface area contributed by atoms with Crippen molar-refractivity contribution in [3.05, 3.63) is 0 Å². The van der Waals surface area contributed by atoms with Gasteiger partial charge in [0.15, 0.2) is 0 Å². The minimum absolute atomic E-state index is 0.410. The largest absolute Gasteiger partial charge is 0.394 e. The van der Waals surface area contributed by atoms with Crippen molar-refractivity contribution in [2.45, 2.75) is 46.8 Å². The molecule has 0 saturated heterocycles. The van der Waals surface area contributed by atoms with Gasteiger partial charge >= 0.3 is 8.56 Å². The van der Waals surface area contributed by atoms with Crippen molar-refractivity contribution in [3.63, 3.8) is 0 Å². The third-order valence-electron chi connectivity index (χ3n) is 2.98. The maximum Gasteiger partial charge on any atom is 0.352 e. The van der Waals surface area contributed by atoms with Crippen LogP contribution in [-0.2, 0) is 8.85 Å². The molecule has 92 valence electrons. The Morgan fingerprint density at radius 3 is 1.67 bits per heavy atom. The van der Waals surface area contributed by atoms with Crippen molar-refractivity contribution in [3.8, 4) is 0 Å². The number of rotatable bonds is 8. The van der Waals surface area contributed by atoms with Crippen LogP contribution in [0.3, 0.4) is 0 Å². The molecule has 0 spiro atoms. The van der Waals surface area contributed by atoms with Crippen molar-refractivity contribution in [2.24, 2.45) is 0 Å². The molecule has 0 aliphatic rings. The van der Waals surface area contributed by atoms with Crippen molar-refractivity contribution in [1.82, 2.24) is 4.90 Å². The molecule has 0 N–H and O–H groups in total. The molecular weight excluding hydrogens is 206 g/mol. The second-order valence-electron chi connectivity index (χ2n) is 3.78. The summed E-state index contributed by atoms with van der Waals surface area (Å²) in [6.07, 6.45) is 0. The van der Waals surface area contributed by atoms with Crippen molar-refractivity contribution in [2.75, 3.05) is 26.3 Å². The van der Waals surface area contributed by atoms with E-state index in [4.69, 9.17) is 8.85 Å². The predicted octanol–water partition coefficient (Wildman–Crippen LogP) is 2.40. The summed E-state index contributed by atoms with van der Waals surface area (Å²) in [7, 11) is -2.03. The van der Waals surface area contributed by atoms with Crippen LogP contribution in [0.2, 0.25) is 6.55 Å². The van der Waals surface area contributed by atoms with Gasteiger partial charge in [-0.25, -0.2) is 0 Å². The highest BCUT2D eigenvalue weighted by Gasteiger charge is 2.40. The second-order valence-corrected chi connectivity index (χ2v) is 7.22. The van der Waals surface area contributed by atoms with Crippen LogP contribution in [0.4, 0.5) is 0 Å². The lowest BCUT2D eigenvalue weighted by Gasteiger charge is -2.38. The lowest BCUT2D eigenvalue weighted by molar-refractivity contribution is 0.142. The van der Waals surface area contributed by atoms with Crippen LogP contribution in [0, 0.1) is 0 Å². The summed E-state index contributed by atoms with van der Waals surface area (Å²) in [5.41, 5.74) is 0.410. The first-order chi connectivity index (χ1) is 7.05. The minimum Gasteiger partial charge on any atom is -0.394 e. The summed E-state index contributed by atoms with van der Waals surface area (Å²) in [5, 5.41) is 0. The first-order valence-electron chi connectivity index (χ1n) is 6.07. The van der Waals surface area contributed by atoms with Gasteiger partial charge in [0.1, 0.15) is 0 Å². The van der Waals surface area contributed by atoms with Crippen LogP contribution in [-0.4, -0.2) is 45.4 Å². The van der Waals surface area contributed by atoms with Crippen molar-refractivity contribution >= 4 is 8.56 Å². The van der Waals surface area contributed by atoms with Gasteiger partial charge < -0.3 is 8.85 Å². The Morgan fingerprint density at radius 2 is 1.40 bits per heavy atom. The average Bonchev–Trinajstić information content (AvgIpc) is 2.20. The smallest absolute Gasteiger partial charge is 0.352 e. The molecule has 0 heterocycles. The van der Waals surface area contributed by atoms with Crippen LogP contribution < -0.4 is 0 Å². The highest BCUT2D eigenvalue weighted by atomic mass is 28.4. The third kappa shape index (κ3) is 4.22. The van der Waals surface area contributed by atoms with Crippen LogP contribution >= 0.6 is 0 Å². The van der Waals surface area contributed by atoms with Gasteiger partial charge in [-0.1, -0.05) is 13.8 Å². The Bertz CT molecular complexity index is 157. The zero-order valence-corrected chi connectivity index (χ0v) is 12.2. The zero-order chi connectivity index (χ0) is 11.9. The van der Waals surface area contributed by atoms with E-state index < -0.39 is 8.56 Å². The average molecular weight is 233 g/mol. The van der Waals surface area contributed by atoms with Gasteiger partial charge in [-0.05, 0) is 40.4 Å². The standard InChI is InChI=1S/C11H27NO2Si/c1-7-12(8-2)11(5)15(6,13-9-3)14-10-4/h11H,7-10H2,1-6H3. The minimum atomic E-state index is -2.03. The normalized spacial score (nSPS) is 14.6. The van der Waals surface area contributed by atoms with E-state index in [0.717, 1.165) is 26.3 Å². The van der Waals surface area contributed by atoms with Gasteiger partial charge in [0, 0.05) is 13.2 Å². The van der Waals surface area contributed by atoms with Crippen LogP contribution in [0.1, 0.15) is 34.6 Å². The van der Waals surface area contributed by atoms with Gasteiger partial charge in [0.05, 0.1) is 5.67 Å². The Hall–Kier alpha value is 0.0969. The first-order valence-corrected chi connectivity index (χ1v) is 8.46. The number of hydrogen-bond donors (Lipinski definition) is 0. The second kappa shape index (κ2) is 7.38. The van der Waals surface area contributed by atoms with E-state index in [1.165, 1.54) is 0 Å². The van der Waals surface area contributed by atoms with Crippen molar-refractivity contribution < 1.29 is 8.85 Å². The summed E-state index contributed by atoms with van der Waals surface area (Å²) in [6, 6.07) is 0. The molecule has 0 aromatic heterocycles. The lowest BCUT2D eigenvalue weighted by Crippen LogP contribution is -2.57. The Labute approximate surface area is 96.0 Å². The van der Waals surface area contributed by atoms with E-state index >= 15 is 0 Å². The topological polar surface area (TPSA) is 21.7 Å². The lowest BCUT2D eigenvalue weighted by atomic mass is 10.5. The Morgan fingerprint density at radius 1 is 1.00 bits per heavy atom. The molecule has 0 fully saturated rings. The summed E-state index contributed by atoms with van der Waals surface area (Å²) in [6.45, 7) is 16.5. The molecule has 0 saturated carbocycles. The van der Waals surface area contributed by atoms with E-state index in [1.807, 2.05) is 13.8 Å². The Balaban J connectivity index is 4.57. The number of hydrogen-bond acceptors (Lipinski definition) is 3. The van der Waals surface area contributed by atoms with Gasteiger partial charge in [0.25, 0.3) is 0 Å². The predicted molar refractivity (Wildman–Crippen MR) is 67.3 cm³/mol. The molecule has 0 bridgehead atoms.